The highest BCUT2D eigenvalue weighted by Crippen LogP contribution is 2.36. The van der Waals surface area contributed by atoms with Gasteiger partial charge in [-0.2, -0.15) is 0 Å². The third-order valence-electron chi connectivity index (χ3n) is 3.99. The Morgan fingerprint density at radius 2 is 1.95 bits per heavy atom. The molecule has 21 heavy (non-hydrogen) atoms. The van der Waals surface area contributed by atoms with Crippen molar-refractivity contribution in [1.82, 2.24) is 10.3 Å². The topological polar surface area (TPSA) is 74.2 Å². The molecule has 1 aromatic heterocycles. The first-order valence-corrected chi connectivity index (χ1v) is 7.08. The van der Waals surface area contributed by atoms with Gasteiger partial charge in [-0.05, 0) is 52.8 Å². The first-order chi connectivity index (χ1) is 10.3. The predicted octanol–water partition coefficient (Wildman–Crippen LogP) is 3.26. The highest BCUT2D eigenvalue weighted by atomic mass is 16.6. The molecule has 2 aromatic carbocycles. The van der Waals surface area contributed by atoms with Gasteiger partial charge in [0, 0.05) is 0 Å². The van der Waals surface area contributed by atoms with Crippen molar-refractivity contribution >= 4 is 16.7 Å². The van der Waals surface area contributed by atoms with Gasteiger partial charge in [0.25, 0.3) is 0 Å². The quantitative estimate of drug-likeness (QED) is 0.730. The second kappa shape index (κ2) is 4.77. The number of nitrogen functional groups attached to an aromatic ring is 1. The summed E-state index contributed by atoms with van der Waals surface area (Å²) in [6, 6.07) is 12.0. The number of nitrogens with zero attached hydrogens (tertiary/aromatic N) is 2. The molecule has 3 aromatic rings. The number of aromatic nitrogens is 2. The summed E-state index contributed by atoms with van der Waals surface area (Å²) in [5, 5.41) is 7.74. The number of aryl methyl sites for hydroxylation is 1. The first-order valence-electron chi connectivity index (χ1n) is 7.08. The molecule has 0 bridgehead atoms. The van der Waals surface area contributed by atoms with Gasteiger partial charge in [0.05, 0.1) is 5.69 Å². The number of benzene rings is 2. The average Bonchev–Trinajstić information content (AvgIpc) is 3.01. The van der Waals surface area contributed by atoms with Crippen LogP contribution >= 0.6 is 0 Å². The van der Waals surface area contributed by atoms with Gasteiger partial charge in [-0.25, -0.2) is 4.63 Å². The second-order valence-electron chi connectivity index (χ2n) is 5.31. The molecule has 106 valence electrons. The van der Waals surface area contributed by atoms with Crippen molar-refractivity contribution in [2.45, 2.75) is 25.4 Å². The van der Waals surface area contributed by atoms with E-state index in [1.165, 1.54) is 11.1 Å². The molecule has 4 rings (SSSR count). The second-order valence-corrected chi connectivity index (χ2v) is 5.31. The van der Waals surface area contributed by atoms with E-state index in [2.05, 4.69) is 34.6 Å². The van der Waals surface area contributed by atoms with Gasteiger partial charge in [0.2, 0.25) is 0 Å². The van der Waals surface area contributed by atoms with Crippen LogP contribution in [0, 0.1) is 0 Å². The minimum atomic E-state index is 0.0403. The van der Waals surface area contributed by atoms with Crippen molar-refractivity contribution < 1.29 is 9.37 Å². The Balaban J connectivity index is 1.73. The van der Waals surface area contributed by atoms with Crippen molar-refractivity contribution in [3.8, 4) is 5.75 Å². The molecule has 5 heteroatoms. The fourth-order valence-corrected chi connectivity index (χ4v) is 2.94. The largest absolute Gasteiger partial charge is 0.483 e. The lowest BCUT2D eigenvalue weighted by molar-refractivity contribution is 0.185. The highest BCUT2D eigenvalue weighted by molar-refractivity contribution is 5.90. The number of ether oxygens (including phenoxy) is 1. The van der Waals surface area contributed by atoms with Crippen LogP contribution in [0.3, 0.4) is 0 Å². The van der Waals surface area contributed by atoms with Gasteiger partial charge < -0.3 is 10.5 Å². The zero-order valence-electron chi connectivity index (χ0n) is 11.5. The van der Waals surface area contributed by atoms with E-state index in [0.29, 0.717) is 22.5 Å². The van der Waals surface area contributed by atoms with E-state index in [1.807, 2.05) is 6.07 Å². The van der Waals surface area contributed by atoms with Gasteiger partial charge in [0.1, 0.15) is 6.10 Å². The van der Waals surface area contributed by atoms with Crippen LogP contribution in [0.25, 0.3) is 11.0 Å². The molecule has 2 N–H and O–H groups in total. The summed E-state index contributed by atoms with van der Waals surface area (Å²) >= 11 is 0. The Bertz CT molecular complexity index is 797. The van der Waals surface area contributed by atoms with Gasteiger partial charge in [-0.3, -0.25) is 0 Å². The van der Waals surface area contributed by atoms with Crippen LogP contribution in [0.2, 0.25) is 0 Å². The Morgan fingerprint density at radius 3 is 2.90 bits per heavy atom. The minimum absolute atomic E-state index is 0.0403. The van der Waals surface area contributed by atoms with Crippen molar-refractivity contribution in [3.05, 3.63) is 47.5 Å². The Morgan fingerprint density at radius 1 is 1.10 bits per heavy atom. The van der Waals surface area contributed by atoms with Crippen LogP contribution in [0.15, 0.2) is 41.0 Å². The molecule has 5 nitrogen and oxygen atoms in total. The summed E-state index contributed by atoms with van der Waals surface area (Å²) in [6.07, 6.45) is 3.27. The number of rotatable bonds is 2. The number of anilines is 1. The van der Waals surface area contributed by atoms with Crippen LogP contribution < -0.4 is 10.5 Å². The molecular formula is C16H15N3O2. The summed E-state index contributed by atoms with van der Waals surface area (Å²) in [7, 11) is 0. The summed E-state index contributed by atoms with van der Waals surface area (Å²) in [5.74, 6) is 0.669. The van der Waals surface area contributed by atoms with Crippen LogP contribution in [0.1, 0.15) is 30.1 Å². The average molecular weight is 281 g/mol. The maximum atomic E-state index is 6.19. The molecule has 0 saturated heterocycles. The molecule has 1 aliphatic rings. The lowest BCUT2D eigenvalue weighted by Gasteiger charge is -2.26. The van der Waals surface area contributed by atoms with Gasteiger partial charge in [-0.15, -0.1) is 0 Å². The third kappa shape index (κ3) is 2.01. The zero-order valence-corrected chi connectivity index (χ0v) is 11.5. The lowest BCUT2D eigenvalue weighted by Crippen LogP contribution is -2.15. The van der Waals surface area contributed by atoms with Crippen LogP contribution in [0.4, 0.5) is 5.69 Å². The number of hydrogen-bond donors (Lipinski definition) is 1. The van der Waals surface area contributed by atoms with Crippen molar-refractivity contribution in [3.63, 3.8) is 0 Å². The molecule has 0 aliphatic heterocycles. The fraction of sp³-hybridized carbons (Fsp3) is 0.250. The normalized spacial score (nSPS) is 17.6. The van der Waals surface area contributed by atoms with Gasteiger partial charge >= 0.3 is 0 Å². The number of fused-ring (bicyclic) bond motifs is 2. The van der Waals surface area contributed by atoms with E-state index >= 15 is 0 Å². The molecule has 1 aliphatic carbocycles. The molecule has 0 fully saturated rings. The Labute approximate surface area is 121 Å². The SMILES string of the molecule is Nc1ccc(OC2CCCc3ccccc32)c2nonc12. The van der Waals surface area contributed by atoms with E-state index in [9.17, 15) is 0 Å². The lowest BCUT2D eigenvalue weighted by atomic mass is 9.89. The maximum absolute atomic E-state index is 6.19. The molecule has 0 saturated carbocycles. The molecule has 1 atom stereocenters. The van der Waals surface area contributed by atoms with Crippen LogP contribution in [-0.4, -0.2) is 10.3 Å². The standard InChI is InChI=1S/C16H15N3O2/c17-12-8-9-14(16-15(12)18-21-19-16)20-13-7-3-5-10-4-1-2-6-11(10)13/h1-2,4,6,8-9,13H,3,5,7,17H2. The Hall–Kier alpha value is -2.56. The van der Waals surface area contributed by atoms with E-state index in [0.717, 1.165) is 19.3 Å². The molecule has 1 unspecified atom stereocenters. The summed E-state index contributed by atoms with van der Waals surface area (Å²) in [6.45, 7) is 0. The molecule has 0 amide bonds. The smallest absolute Gasteiger partial charge is 0.179 e. The minimum Gasteiger partial charge on any atom is -0.483 e. The van der Waals surface area contributed by atoms with Crippen LogP contribution in [-0.2, 0) is 6.42 Å². The molecule has 0 spiro atoms. The number of hydrogen-bond acceptors (Lipinski definition) is 5. The van der Waals surface area contributed by atoms with Crippen LogP contribution in [0.5, 0.6) is 5.75 Å². The third-order valence-corrected chi connectivity index (χ3v) is 3.99. The summed E-state index contributed by atoms with van der Waals surface area (Å²) in [4.78, 5) is 0. The number of nitrogens with two attached hydrogens (primary N) is 1. The molecular weight excluding hydrogens is 266 g/mol. The monoisotopic (exact) mass is 281 g/mol. The van der Waals surface area contributed by atoms with E-state index in [-0.39, 0.29) is 6.10 Å². The molecule has 0 radical (unpaired) electrons. The van der Waals surface area contributed by atoms with Gasteiger partial charge in [-0.1, -0.05) is 24.3 Å². The fourth-order valence-electron chi connectivity index (χ4n) is 2.94. The predicted molar refractivity (Wildman–Crippen MR) is 79.0 cm³/mol. The Kier molecular flexibility index (Phi) is 2.77. The van der Waals surface area contributed by atoms with E-state index in [4.69, 9.17) is 15.1 Å². The van der Waals surface area contributed by atoms with E-state index in [1.54, 1.807) is 6.07 Å². The van der Waals surface area contributed by atoms with Crippen molar-refractivity contribution in [2.24, 2.45) is 0 Å². The highest BCUT2D eigenvalue weighted by Gasteiger charge is 2.23. The van der Waals surface area contributed by atoms with E-state index < -0.39 is 0 Å². The maximum Gasteiger partial charge on any atom is 0.179 e. The summed E-state index contributed by atoms with van der Waals surface area (Å²) < 4.78 is 11.0. The molecule has 1 heterocycles. The van der Waals surface area contributed by atoms with Crippen molar-refractivity contribution in [1.29, 1.82) is 0 Å². The first kappa shape index (κ1) is 12.2. The van der Waals surface area contributed by atoms with Crippen molar-refractivity contribution in [2.75, 3.05) is 5.73 Å². The summed E-state index contributed by atoms with van der Waals surface area (Å²) in [5.41, 5.74) is 10.2. The van der Waals surface area contributed by atoms with Gasteiger partial charge in [0.15, 0.2) is 16.8 Å². The zero-order chi connectivity index (χ0) is 14.2.